The minimum absolute atomic E-state index is 0.700. The maximum Gasteiger partial charge on any atom is 0.0946 e. The number of nitrogens with zero attached hydrogens (tertiary/aromatic N) is 3. The first kappa shape index (κ1) is 12.6. The molecule has 1 aromatic heterocycles. The summed E-state index contributed by atoms with van der Waals surface area (Å²) in [6.07, 6.45) is 9.84. The molecule has 1 saturated heterocycles. The molecule has 1 aliphatic heterocycles. The Kier molecular flexibility index (Phi) is 5.01. The first-order chi connectivity index (χ1) is 8.38. The van der Waals surface area contributed by atoms with Crippen LogP contribution < -0.4 is 5.32 Å². The SMILES string of the molecule is CCN(CCn1ccnc1)CC1CCCCN1. The first-order valence-electron chi connectivity index (χ1n) is 6.80. The molecule has 1 aliphatic rings. The number of hydrogen-bond acceptors (Lipinski definition) is 3. The van der Waals surface area contributed by atoms with Gasteiger partial charge in [0.2, 0.25) is 0 Å². The van der Waals surface area contributed by atoms with E-state index in [0.717, 1.165) is 19.6 Å². The van der Waals surface area contributed by atoms with E-state index in [4.69, 9.17) is 0 Å². The number of rotatable bonds is 6. The number of likely N-dealkylation sites (N-methyl/N-ethyl adjacent to an activating group) is 1. The van der Waals surface area contributed by atoms with Crippen LogP contribution in [0.4, 0.5) is 0 Å². The van der Waals surface area contributed by atoms with E-state index in [9.17, 15) is 0 Å². The van der Waals surface area contributed by atoms with Crippen LogP contribution in [0.3, 0.4) is 0 Å². The van der Waals surface area contributed by atoms with Crippen LogP contribution in [0.25, 0.3) is 0 Å². The van der Waals surface area contributed by atoms with E-state index in [1.165, 1.54) is 32.4 Å². The molecule has 0 amide bonds. The molecule has 2 heterocycles. The van der Waals surface area contributed by atoms with Gasteiger partial charge in [-0.25, -0.2) is 4.98 Å². The summed E-state index contributed by atoms with van der Waals surface area (Å²) < 4.78 is 2.15. The number of nitrogens with one attached hydrogen (secondary N) is 1. The van der Waals surface area contributed by atoms with Gasteiger partial charge in [-0.3, -0.25) is 0 Å². The van der Waals surface area contributed by atoms with Gasteiger partial charge in [-0.15, -0.1) is 0 Å². The summed E-state index contributed by atoms with van der Waals surface area (Å²) in [7, 11) is 0. The van der Waals surface area contributed by atoms with Crippen LogP contribution >= 0.6 is 0 Å². The maximum atomic E-state index is 4.07. The van der Waals surface area contributed by atoms with E-state index in [1.807, 2.05) is 18.7 Å². The molecule has 17 heavy (non-hydrogen) atoms. The molecule has 1 fully saturated rings. The van der Waals surface area contributed by atoms with Crippen molar-refractivity contribution in [2.75, 3.05) is 26.2 Å². The zero-order chi connectivity index (χ0) is 11.9. The second kappa shape index (κ2) is 6.77. The minimum Gasteiger partial charge on any atom is -0.336 e. The molecule has 0 aliphatic carbocycles. The molecule has 1 aromatic rings. The van der Waals surface area contributed by atoms with E-state index >= 15 is 0 Å². The smallest absolute Gasteiger partial charge is 0.0946 e. The molecule has 2 rings (SSSR count). The lowest BCUT2D eigenvalue weighted by Crippen LogP contribution is -2.44. The highest BCUT2D eigenvalue weighted by Gasteiger charge is 2.15. The highest BCUT2D eigenvalue weighted by Crippen LogP contribution is 2.08. The molecule has 4 nitrogen and oxygen atoms in total. The third-order valence-electron chi connectivity index (χ3n) is 3.57. The van der Waals surface area contributed by atoms with E-state index in [1.54, 1.807) is 0 Å². The molecule has 0 bridgehead atoms. The van der Waals surface area contributed by atoms with Gasteiger partial charge in [0.15, 0.2) is 0 Å². The summed E-state index contributed by atoms with van der Waals surface area (Å²) in [4.78, 5) is 6.60. The van der Waals surface area contributed by atoms with E-state index < -0.39 is 0 Å². The van der Waals surface area contributed by atoms with Crippen LogP contribution in [-0.4, -0.2) is 46.7 Å². The first-order valence-corrected chi connectivity index (χ1v) is 6.80. The Balaban J connectivity index is 1.72. The third-order valence-corrected chi connectivity index (χ3v) is 3.57. The maximum absolute atomic E-state index is 4.07. The molecular weight excluding hydrogens is 212 g/mol. The second-order valence-electron chi connectivity index (χ2n) is 4.84. The summed E-state index contributed by atoms with van der Waals surface area (Å²) in [5.41, 5.74) is 0. The molecule has 1 atom stereocenters. The van der Waals surface area contributed by atoms with Gasteiger partial charge < -0.3 is 14.8 Å². The van der Waals surface area contributed by atoms with Gasteiger partial charge in [0.1, 0.15) is 0 Å². The van der Waals surface area contributed by atoms with Crippen molar-refractivity contribution in [3.05, 3.63) is 18.7 Å². The van der Waals surface area contributed by atoms with Crippen LogP contribution in [0.15, 0.2) is 18.7 Å². The average Bonchev–Trinajstić information content (AvgIpc) is 2.89. The predicted octanol–water partition coefficient (Wildman–Crippen LogP) is 1.35. The molecule has 1 unspecified atom stereocenters. The Morgan fingerprint density at radius 3 is 3.06 bits per heavy atom. The topological polar surface area (TPSA) is 33.1 Å². The largest absolute Gasteiger partial charge is 0.336 e. The van der Waals surface area contributed by atoms with Crippen molar-refractivity contribution in [2.45, 2.75) is 38.8 Å². The van der Waals surface area contributed by atoms with Gasteiger partial charge in [0.05, 0.1) is 6.33 Å². The molecular formula is C13H24N4. The van der Waals surface area contributed by atoms with Crippen molar-refractivity contribution < 1.29 is 0 Å². The molecule has 4 heteroatoms. The number of imidazole rings is 1. The molecule has 0 saturated carbocycles. The highest BCUT2D eigenvalue weighted by atomic mass is 15.2. The van der Waals surface area contributed by atoms with Gasteiger partial charge in [-0.05, 0) is 25.9 Å². The van der Waals surface area contributed by atoms with Crippen LogP contribution in [0.5, 0.6) is 0 Å². The molecule has 0 aromatic carbocycles. The Hall–Kier alpha value is -0.870. The Bertz CT molecular complexity index is 290. The Morgan fingerprint density at radius 1 is 1.47 bits per heavy atom. The Labute approximate surface area is 104 Å². The zero-order valence-corrected chi connectivity index (χ0v) is 10.8. The summed E-state index contributed by atoms with van der Waals surface area (Å²) in [5.74, 6) is 0. The second-order valence-corrected chi connectivity index (χ2v) is 4.84. The standard InChI is InChI=1S/C13H24N4/c1-2-16(9-10-17-8-7-14-12-17)11-13-5-3-4-6-15-13/h7-8,12-13,15H,2-6,9-11H2,1H3. The number of hydrogen-bond donors (Lipinski definition) is 1. The van der Waals surface area contributed by atoms with Gasteiger partial charge >= 0.3 is 0 Å². The van der Waals surface area contributed by atoms with E-state index in [-0.39, 0.29) is 0 Å². The van der Waals surface area contributed by atoms with Crippen LogP contribution in [0.1, 0.15) is 26.2 Å². The monoisotopic (exact) mass is 236 g/mol. The fourth-order valence-electron chi connectivity index (χ4n) is 2.45. The number of aromatic nitrogens is 2. The minimum atomic E-state index is 0.700. The van der Waals surface area contributed by atoms with Gasteiger partial charge in [0, 0.05) is 38.1 Å². The van der Waals surface area contributed by atoms with E-state index in [2.05, 4.69) is 26.7 Å². The lowest BCUT2D eigenvalue weighted by atomic mass is 10.0. The normalized spacial score (nSPS) is 20.9. The zero-order valence-electron chi connectivity index (χ0n) is 10.8. The van der Waals surface area contributed by atoms with Crippen molar-refractivity contribution in [3.63, 3.8) is 0 Å². The lowest BCUT2D eigenvalue weighted by Gasteiger charge is -2.29. The van der Waals surface area contributed by atoms with Gasteiger partial charge in [0.25, 0.3) is 0 Å². The van der Waals surface area contributed by atoms with Crippen molar-refractivity contribution in [1.82, 2.24) is 19.8 Å². The highest BCUT2D eigenvalue weighted by molar-refractivity contribution is 4.77. The predicted molar refractivity (Wildman–Crippen MR) is 70.0 cm³/mol. The van der Waals surface area contributed by atoms with Crippen molar-refractivity contribution in [2.24, 2.45) is 0 Å². The fraction of sp³-hybridized carbons (Fsp3) is 0.769. The van der Waals surface area contributed by atoms with Gasteiger partial charge in [-0.2, -0.15) is 0 Å². The average molecular weight is 236 g/mol. The summed E-state index contributed by atoms with van der Waals surface area (Å²) in [5, 5.41) is 3.62. The van der Waals surface area contributed by atoms with Crippen LogP contribution in [0.2, 0.25) is 0 Å². The lowest BCUT2D eigenvalue weighted by molar-refractivity contribution is 0.226. The summed E-state index contributed by atoms with van der Waals surface area (Å²) in [6.45, 7) is 7.92. The van der Waals surface area contributed by atoms with Crippen LogP contribution in [0, 0.1) is 0 Å². The van der Waals surface area contributed by atoms with Crippen molar-refractivity contribution in [1.29, 1.82) is 0 Å². The third kappa shape index (κ3) is 4.13. The van der Waals surface area contributed by atoms with Crippen LogP contribution in [-0.2, 0) is 6.54 Å². The number of piperidine rings is 1. The summed E-state index contributed by atoms with van der Waals surface area (Å²) >= 11 is 0. The quantitative estimate of drug-likeness (QED) is 0.809. The van der Waals surface area contributed by atoms with Crippen molar-refractivity contribution >= 4 is 0 Å². The molecule has 96 valence electrons. The summed E-state index contributed by atoms with van der Waals surface area (Å²) in [6, 6.07) is 0.700. The van der Waals surface area contributed by atoms with E-state index in [0.29, 0.717) is 6.04 Å². The molecule has 1 N–H and O–H groups in total. The fourth-order valence-corrected chi connectivity index (χ4v) is 2.45. The molecule has 0 radical (unpaired) electrons. The van der Waals surface area contributed by atoms with Gasteiger partial charge in [-0.1, -0.05) is 13.3 Å². The molecule has 0 spiro atoms. The van der Waals surface area contributed by atoms with Crippen molar-refractivity contribution in [3.8, 4) is 0 Å². The Morgan fingerprint density at radius 2 is 2.41 bits per heavy atom.